The van der Waals surface area contributed by atoms with Gasteiger partial charge >= 0.3 is 0 Å². The number of amides is 1. The third kappa shape index (κ3) is 5.03. The molecular formula is C20H19Cl2F2N5O5S. The van der Waals surface area contributed by atoms with Crippen LogP contribution in [0, 0.1) is 11.6 Å². The molecule has 0 radical (unpaired) electrons. The largest absolute Gasteiger partial charge is 0.480 e. The van der Waals surface area contributed by atoms with E-state index in [1.807, 2.05) is 0 Å². The smallest absolute Gasteiger partial charge is 0.271 e. The van der Waals surface area contributed by atoms with Crippen molar-refractivity contribution in [2.24, 2.45) is 0 Å². The fraction of sp³-hybridized carbons (Fsp3) is 0.250. The van der Waals surface area contributed by atoms with Gasteiger partial charge in [0.15, 0.2) is 16.4 Å². The number of nitrogens with one attached hydrogen (secondary N) is 2. The lowest BCUT2D eigenvalue weighted by Gasteiger charge is -2.26. The number of anilines is 1. The normalized spacial score (nSPS) is 15.1. The standard InChI is InChI=1S/C20H18ClF2N5O5S.ClH/c1-24-19(29)18-13-8-33-14(7-28(13)9-26-18)16-11(22)3-4-12(17(16)23)27-34(30,31)15-5-10(21)6-25-20(15)32-2;/h3-6,9,14,27H,7-8H2,1-2H3,(H,24,29);1H/t14-;/m0./s1. The summed E-state index contributed by atoms with van der Waals surface area (Å²) in [5.74, 6) is -2.76. The molecule has 1 aliphatic rings. The van der Waals surface area contributed by atoms with Gasteiger partial charge in [-0.15, -0.1) is 12.4 Å². The number of fused-ring (bicyclic) bond motifs is 1. The summed E-state index contributed by atoms with van der Waals surface area (Å²) >= 11 is 5.85. The molecule has 1 aliphatic heterocycles. The molecule has 188 valence electrons. The van der Waals surface area contributed by atoms with Gasteiger partial charge in [-0.05, 0) is 18.2 Å². The first kappa shape index (κ1) is 26.6. The van der Waals surface area contributed by atoms with E-state index in [9.17, 15) is 17.6 Å². The first-order chi connectivity index (χ1) is 16.2. The lowest BCUT2D eigenvalue weighted by molar-refractivity contribution is -0.00152. The van der Waals surface area contributed by atoms with Crippen LogP contribution in [0.25, 0.3) is 0 Å². The SMILES string of the molecule is CNC(=O)c1ncn2c1CO[C@H](c1c(F)ccc(NS(=O)(=O)c3cc(Cl)cnc3OC)c1F)C2.Cl. The highest BCUT2D eigenvalue weighted by Crippen LogP contribution is 2.35. The highest BCUT2D eigenvalue weighted by molar-refractivity contribution is 7.92. The molecule has 1 atom stereocenters. The van der Waals surface area contributed by atoms with Crippen LogP contribution in [0.2, 0.25) is 5.02 Å². The van der Waals surface area contributed by atoms with E-state index in [4.69, 9.17) is 21.1 Å². The molecule has 15 heteroatoms. The van der Waals surface area contributed by atoms with Gasteiger partial charge in [0.1, 0.15) is 11.9 Å². The third-order valence-electron chi connectivity index (χ3n) is 5.13. The molecule has 0 unspecified atom stereocenters. The first-order valence-corrected chi connectivity index (χ1v) is 11.6. The van der Waals surface area contributed by atoms with Crippen LogP contribution in [0.1, 0.15) is 27.8 Å². The molecular weight excluding hydrogens is 531 g/mol. The van der Waals surface area contributed by atoms with Crippen LogP contribution < -0.4 is 14.8 Å². The summed E-state index contributed by atoms with van der Waals surface area (Å²) in [4.78, 5) is 19.3. The van der Waals surface area contributed by atoms with Crippen LogP contribution in [0.5, 0.6) is 5.88 Å². The van der Waals surface area contributed by atoms with Crippen molar-refractivity contribution in [1.29, 1.82) is 0 Å². The number of ether oxygens (including phenoxy) is 2. The van der Waals surface area contributed by atoms with Crippen molar-refractivity contribution in [3.63, 3.8) is 0 Å². The Labute approximate surface area is 210 Å². The highest BCUT2D eigenvalue weighted by Gasteiger charge is 2.31. The number of nitrogens with zero attached hydrogens (tertiary/aromatic N) is 3. The summed E-state index contributed by atoms with van der Waals surface area (Å²) < 4.78 is 70.0. The van der Waals surface area contributed by atoms with E-state index in [0.717, 1.165) is 18.2 Å². The Kier molecular flexibility index (Phi) is 7.84. The summed E-state index contributed by atoms with van der Waals surface area (Å²) in [6.45, 7) is -0.178. The molecule has 35 heavy (non-hydrogen) atoms. The monoisotopic (exact) mass is 549 g/mol. The average Bonchev–Trinajstić information content (AvgIpc) is 3.24. The van der Waals surface area contributed by atoms with Gasteiger partial charge in [0.2, 0.25) is 5.88 Å². The van der Waals surface area contributed by atoms with Crippen molar-refractivity contribution in [2.75, 3.05) is 18.9 Å². The van der Waals surface area contributed by atoms with Crippen LogP contribution in [-0.2, 0) is 27.9 Å². The molecule has 1 amide bonds. The van der Waals surface area contributed by atoms with E-state index in [2.05, 4.69) is 20.0 Å². The van der Waals surface area contributed by atoms with Crippen molar-refractivity contribution in [2.45, 2.75) is 24.2 Å². The minimum absolute atomic E-state index is 0. The zero-order valence-electron chi connectivity index (χ0n) is 18.2. The van der Waals surface area contributed by atoms with Gasteiger partial charge in [0.25, 0.3) is 15.9 Å². The maximum atomic E-state index is 15.4. The number of pyridine rings is 1. The van der Waals surface area contributed by atoms with Crippen molar-refractivity contribution in [3.8, 4) is 5.88 Å². The summed E-state index contributed by atoms with van der Waals surface area (Å²) in [5.41, 5.74) is -0.386. The molecule has 0 aliphatic carbocycles. The van der Waals surface area contributed by atoms with Crippen LogP contribution in [0.4, 0.5) is 14.5 Å². The Hall–Kier alpha value is -3.00. The molecule has 10 nitrogen and oxygen atoms in total. The van der Waals surface area contributed by atoms with Gasteiger partial charge in [0.05, 0.1) is 48.6 Å². The molecule has 1 aromatic carbocycles. The minimum atomic E-state index is -4.40. The van der Waals surface area contributed by atoms with Gasteiger partial charge in [-0.3, -0.25) is 9.52 Å². The fourth-order valence-corrected chi connectivity index (χ4v) is 4.93. The van der Waals surface area contributed by atoms with Crippen molar-refractivity contribution >= 4 is 45.6 Å². The number of aromatic nitrogens is 3. The highest BCUT2D eigenvalue weighted by atomic mass is 35.5. The second-order valence-electron chi connectivity index (χ2n) is 7.16. The summed E-state index contributed by atoms with van der Waals surface area (Å²) in [5, 5.41) is 2.47. The molecule has 2 aromatic heterocycles. The average molecular weight is 550 g/mol. The molecule has 0 saturated carbocycles. The van der Waals surface area contributed by atoms with Gasteiger partial charge in [-0.1, -0.05) is 11.6 Å². The van der Waals surface area contributed by atoms with Crippen molar-refractivity contribution < 1.29 is 31.5 Å². The van der Waals surface area contributed by atoms with Gasteiger partial charge in [0, 0.05) is 13.2 Å². The Morgan fingerprint density at radius 2 is 2.06 bits per heavy atom. The molecule has 0 saturated heterocycles. The number of benzene rings is 1. The Bertz CT molecular complexity index is 1390. The third-order valence-corrected chi connectivity index (χ3v) is 6.70. The molecule has 0 fully saturated rings. The van der Waals surface area contributed by atoms with Crippen molar-refractivity contribution in [3.05, 3.63) is 64.3 Å². The number of rotatable bonds is 6. The molecule has 0 spiro atoms. The number of hydrogen-bond donors (Lipinski definition) is 2. The second-order valence-corrected chi connectivity index (χ2v) is 9.25. The fourth-order valence-electron chi connectivity index (χ4n) is 3.51. The predicted octanol–water partition coefficient (Wildman–Crippen LogP) is 3.07. The van der Waals surface area contributed by atoms with E-state index >= 15 is 4.39 Å². The number of imidazole rings is 1. The van der Waals surface area contributed by atoms with Crippen LogP contribution in [-0.4, -0.2) is 43.0 Å². The van der Waals surface area contributed by atoms with E-state index < -0.39 is 49.8 Å². The topological polar surface area (TPSA) is 124 Å². The van der Waals surface area contributed by atoms with E-state index in [0.29, 0.717) is 5.69 Å². The summed E-state index contributed by atoms with van der Waals surface area (Å²) in [6.07, 6.45) is 1.46. The zero-order chi connectivity index (χ0) is 24.6. The molecule has 4 rings (SSSR count). The molecule has 0 bridgehead atoms. The van der Waals surface area contributed by atoms with Crippen LogP contribution >= 0.6 is 24.0 Å². The molecule has 2 N–H and O–H groups in total. The number of hydrogen-bond acceptors (Lipinski definition) is 7. The number of methoxy groups -OCH3 is 1. The van der Waals surface area contributed by atoms with Gasteiger partial charge in [-0.2, -0.15) is 0 Å². The number of halogens is 4. The lowest BCUT2D eigenvalue weighted by Crippen LogP contribution is -2.26. The summed E-state index contributed by atoms with van der Waals surface area (Å²) in [6, 6.07) is 2.96. The van der Waals surface area contributed by atoms with Gasteiger partial charge in [-0.25, -0.2) is 27.2 Å². The maximum Gasteiger partial charge on any atom is 0.271 e. The second kappa shape index (κ2) is 10.3. The summed E-state index contributed by atoms with van der Waals surface area (Å²) in [7, 11) is -1.74. The molecule has 3 aromatic rings. The Morgan fingerprint density at radius 1 is 1.31 bits per heavy atom. The predicted molar refractivity (Wildman–Crippen MR) is 123 cm³/mol. The number of carbonyl (C=O) groups is 1. The first-order valence-electron chi connectivity index (χ1n) is 9.74. The Morgan fingerprint density at radius 3 is 2.74 bits per heavy atom. The van der Waals surface area contributed by atoms with E-state index in [-0.39, 0.29) is 42.2 Å². The Balaban J connectivity index is 0.00000342. The zero-order valence-corrected chi connectivity index (χ0v) is 20.6. The number of carbonyl (C=O) groups excluding carboxylic acids is 1. The van der Waals surface area contributed by atoms with E-state index in [1.165, 1.54) is 26.7 Å². The lowest BCUT2D eigenvalue weighted by atomic mass is 10.1. The van der Waals surface area contributed by atoms with Crippen LogP contribution in [0.15, 0.2) is 35.6 Å². The van der Waals surface area contributed by atoms with Crippen LogP contribution in [0.3, 0.4) is 0 Å². The van der Waals surface area contributed by atoms with Gasteiger partial charge < -0.3 is 19.4 Å². The van der Waals surface area contributed by atoms with Crippen molar-refractivity contribution in [1.82, 2.24) is 19.9 Å². The number of sulfonamides is 1. The minimum Gasteiger partial charge on any atom is -0.480 e. The quantitative estimate of drug-likeness (QED) is 0.484. The maximum absolute atomic E-state index is 15.4. The molecule has 3 heterocycles. The van der Waals surface area contributed by atoms with E-state index in [1.54, 1.807) is 4.57 Å².